The molecule has 1 aliphatic rings. The average Bonchev–Trinajstić information content (AvgIpc) is 3.25. The second kappa shape index (κ2) is 6.76. The number of hydrogen-bond acceptors (Lipinski definition) is 4. The fourth-order valence-electron chi connectivity index (χ4n) is 3.97. The van der Waals surface area contributed by atoms with E-state index in [0.29, 0.717) is 11.3 Å². The zero-order valence-corrected chi connectivity index (χ0v) is 16.8. The summed E-state index contributed by atoms with van der Waals surface area (Å²) in [5, 5.41) is 1.00. The minimum absolute atomic E-state index is 0.0331. The van der Waals surface area contributed by atoms with Crippen LogP contribution >= 0.6 is 25.6 Å². The van der Waals surface area contributed by atoms with Crippen molar-refractivity contribution in [1.82, 2.24) is 3.97 Å². The smallest absolute Gasteiger partial charge is 0.210 e. The van der Waals surface area contributed by atoms with Gasteiger partial charge in [0.25, 0.3) is 0 Å². The first kappa shape index (κ1) is 17.5. The first-order valence-electron chi connectivity index (χ1n) is 9.14. The minimum atomic E-state index is -0.0331. The van der Waals surface area contributed by atoms with Gasteiger partial charge in [0.15, 0.2) is 0 Å². The molecule has 2 heterocycles. The second-order valence-electron chi connectivity index (χ2n) is 7.05. The Morgan fingerprint density at radius 3 is 2.50 bits per heavy atom. The van der Waals surface area contributed by atoms with Gasteiger partial charge in [-0.05, 0) is 41.8 Å². The van der Waals surface area contributed by atoms with Crippen molar-refractivity contribution in [3.63, 3.8) is 0 Å². The maximum absolute atomic E-state index is 13.2. The lowest BCUT2D eigenvalue weighted by molar-refractivity contribution is 0.103. The van der Waals surface area contributed by atoms with Gasteiger partial charge < -0.3 is 4.31 Å². The maximum Gasteiger partial charge on any atom is 0.210 e. The van der Waals surface area contributed by atoms with Crippen molar-refractivity contribution >= 4 is 48.0 Å². The van der Waals surface area contributed by atoms with E-state index in [1.807, 2.05) is 65.0 Å². The summed E-state index contributed by atoms with van der Waals surface area (Å²) in [5.41, 5.74) is 5.64. The van der Waals surface area contributed by atoms with Gasteiger partial charge in [-0.2, -0.15) is 0 Å². The molecule has 3 aromatic carbocycles. The highest BCUT2D eigenvalue weighted by Crippen LogP contribution is 2.41. The maximum atomic E-state index is 13.2. The molecule has 0 radical (unpaired) electrons. The van der Waals surface area contributed by atoms with Crippen molar-refractivity contribution in [3.8, 4) is 0 Å². The number of para-hydroxylation sites is 2. The lowest BCUT2D eigenvalue weighted by atomic mass is 9.98. The third-order valence-corrected chi connectivity index (χ3v) is 6.32. The van der Waals surface area contributed by atoms with Crippen LogP contribution in [0.1, 0.15) is 33.2 Å². The molecule has 0 bridgehead atoms. The Bertz CT molecular complexity index is 1210. The number of ketones is 1. The molecular weight excluding hydrogens is 384 g/mol. The molecule has 0 amide bonds. The Morgan fingerprint density at radius 2 is 1.68 bits per heavy atom. The zero-order valence-electron chi connectivity index (χ0n) is 15.0. The average molecular weight is 403 g/mol. The molecule has 1 unspecified atom stereocenters. The molecule has 4 aromatic rings. The Balaban J connectivity index is 1.51. The van der Waals surface area contributed by atoms with Gasteiger partial charge >= 0.3 is 0 Å². The Labute approximate surface area is 174 Å². The third kappa shape index (κ3) is 2.74. The lowest BCUT2D eigenvalue weighted by Crippen LogP contribution is -2.15. The summed E-state index contributed by atoms with van der Waals surface area (Å²) >= 11 is 9.26. The van der Waals surface area contributed by atoms with Crippen molar-refractivity contribution in [2.75, 3.05) is 4.31 Å². The van der Waals surface area contributed by atoms with Crippen molar-refractivity contribution in [2.45, 2.75) is 12.5 Å². The number of carbonyl (C=O) groups is 1. The molecule has 5 heteroatoms. The summed E-state index contributed by atoms with van der Waals surface area (Å²) in [5.74, 6) is -0.0331. The zero-order chi connectivity index (χ0) is 19.3. The van der Waals surface area contributed by atoms with E-state index in [0.717, 1.165) is 28.6 Å². The molecule has 0 saturated carbocycles. The van der Waals surface area contributed by atoms with Crippen LogP contribution in [0.2, 0.25) is 0 Å². The van der Waals surface area contributed by atoms with Gasteiger partial charge in [-0.3, -0.25) is 8.77 Å². The predicted molar refractivity (Wildman–Crippen MR) is 121 cm³/mol. The highest BCUT2D eigenvalue weighted by molar-refractivity contribution is 7.81. The quantitative estimate of drug-likeness (QED) is 0.349. The van der Waals surface area contributed by atoms with E-state index in [4.69, 9.17) is 12.8 Å². The fraction of sp³-hybridized carbons (Fsp3) is 0.0870. The van der Waals surface area contributed by atoms with Crippen molar-refractivity contribution < 1.29 is 4.79 Å². The van der Waals surface area contributed by atoms with Crippen LogP contribution in [-0.2, 0) is 6.42 Å². The summed E-state index contributed by atoms with van der Waals surface area (Å²) in [7, 11) is 0. The fourth-order valence-corrected chi connectivity index (χ4v) is 4.71. The van der Waals surface area contributed by atoms with Gasteiger partial charge in [0.2, 0.25) is 5.78 Å². The normalized spacial score (nSPS) is 15.8. The molecule has 0 aliphatic carbocycles. The number of anilines is 1. The number of hydrogen-bond donors (Lipinski definition) is 2. The van der Waals surface area contributed by atoms with Crippen LogP contribution < -0.4 is 4.31 Å². The molecule has 0 saturated heterocycles. The van der Waals surface area contributed by atoms with Crippen LogP contribution in [-0.4, -0.2) is 9.76 Å². The van der Waals surface area contributed by atoms with Gasteiger partial charge in [0.05, 0.1) is 17.2 Å². The van der Waals surface area contributed by atoms with E-state index in [9.17, 15) is 4.79 Å². The van der Waals surface area contributed by atoms with Gasteiger partial charge in [-0.1, -0.05) is 80.2 Å². The summed E-state index contributed by atoms with van der Waals surface area (Å²) in [6.07, 6.45) is 0.879. The SMILES string of the molecule is O=C(c1cccc(C2Cc3ccccc3N2S)c1)c1cc2ccccc2n1S. The van der Waals surface area contributed by atoms with Crippen molar-refractivity contribution in [3.05, 3.63) is 101 Å². The Kier molecular flexibility index (Phi) is 4.22. The lowest BCUT2D eigenvalue weighted by Gasteiger charge is -2.21. The van der Waals surface area contributed by atoms with Gasteiger partial charge in [0, 0.05) is 10.9 Å². The number of fused-ring (bicyclic) bond motifs is 2. The number of aromatic nitrogens is 1. The topological polar surface area (TPSA) is 25.2 Å². The van der Waals surface area contributed by atoms with Crippen LogP contribution in [0.25, 0.3) is 10.9 Å². The first-order chi connectivity index (χ1) is 13.6. The van der Waals surface area contributed by atoms with E-state index in [1.165, 1.54) is 5.56 Å². The molecule has 1 aliphatic heterocycles. The van der Waals surface area contributed by atoms with E-state index < -0.39 is 0 Å². The van der Waals surface area contributed by atoms with Crippen LogP contribution in [0, 0.1) is 0 Å². The monoisotopic (exact) mass is 402 g/mol. The first-order valence-corrected chi connectivity index (χ1v) is 9.94. The minimum Gasteiger partial charge on any atom is -0.311 e. The van der Waals surface area contributed by atoms with Gasteiger partial charge in [-0.25, -0.2) is 0 Å². The van der Waals surface area contributed by atoms with Crippen molar-refractivity contribution in [2.24, 2.45) is 0 Å². The van der Waals surface area contributed by atoms with Crippen molar-refractivity contribution in [1.29, 1.82) is 0 Å². The highest BCUT2D eigenvalue weighted by atomic mass is 32.1. The Hall–Kier alpha value is -2.63. The summed E-state index contributed by atoms with van der Waals surface area (Å²) in [6.45, 7) is 0. The van der Waals surface area contributed by atoms with Crippen LogP contribution in [0.5, 0.6) is 0 Å². The number of thiol groups is 2. The standard InChI is InChI=1S/C23H18N2OS2/c26-23(22-14-17-7-2-4-11-20(17)25(22)28)18-9-5-8-15(12-18)21-13-16-6-1-3-10-19(16)24(21)27/h1-12,14,21,27-28H,13H2. The van der Waals surface area contributed by atoms with E-state index in [2.05, 4.69) is 31.0 Å². The molecule has 1 aromatic heterocycles. The van der Waals surface area contributed by atoms with Gasteiger partial charge in [0.1, 0.15) is 5.69 Å². The number of benzene rings is 3. The van der Waals surface area contributed by atoms with Crippen LogP contribution in [0.3, 0.4) is 0 Å². The van der Waals surface area contributed by atoms with Gasteiger partial charge in [-0.15, -0.1) is 0 Å². The van der Waals surface area contributed by atoms with E-state index >= 15 is 0 Å². The second-order valence-corrected chi connectivity index (χ2v) is 7.88. The molecule has 5 rings (SSSR count). The molecule has 0 spiro atoms. The number of nitrogens with zero attached hydrogens (tertiary/aromatic N) is 2. The Morgan fingerprint density at radius 1 is 0.893 bits per heavy atom. The molecule has 1 atom stereocenters. The number of carbonyl (C=O) groups excluding carboxylic acids is 1. The molecule has 0 fully saturated rings. The third-order valence-electron chi connectivity index (χ3n) is 5.40. The molecular formula is C23H18N2OS2. The summed E-state index contributed by atoms with van der Waals surface area (Å²) in [6, 6.07) is 26.0. The summed E-state index contributed by atoms with van der Waals surface area (Å²) < 4.78 is 3.66. The van der Waals surface area contributed by atoms with E-state index in [-0.39, 0.29) is 11.8 Å². The van der Waals surface area contributed by atoms with E-state index in [1.54, 1.807) is 3.97 Å². The largest absolute Gasteiger partial charge is 0.311 e. The molecule has 138 valence electrons. The molecule has 28 heavy (non-hydrogen) atoms. The molecule has 3 nitrogen and oxygen atoms in total. The van der Waals surface area contributed by atoms with Crippen LogP contribution in [0.15, 0.2) is 78.9 Å². The number of rotatable bonds is 3. The molecule has 0 N–H and O–H groups in total. The van der Waals surface area contributed by atoms with Crippen LogP contribution in [0.4, 0.5) is 5.69 Å². The predicted octanol–water partition coefficient (Wildman–Crippen LogP) is 5.51. The highest BCUT2D eigenvalue weighted by Gasteiger charge is 2.29. The summed E-state index contributed by atoms with van der Waals surface area (Å²) in [4.78, 5) is 13.2.